The summed E-state index contributed by atoms with van der Waals surface area (Å²) in [6, 6.07) is 9.02. The van der Waals surface area contributed by atoms with Crippen molar-refractivity contribution in [3.63, 3.8) is 0 Å². The van der Waals surface area contributed by atoms with Crippen LogP contribution in [-0.2, 0) is 10.0 Å². The molecule has 0 unspecified atom stereocenters. The number of nitrogens with zero attached hydrogens (tertiary/aromatic N) is 1. The van der Waals surface area contributed by atoms with Crippen molar-refractivity contribution in [1.82, 2.24) is 4.90 Å². The topological polar surface area (TPSA) is 66.5 Å². The number of hydrogen-bond acceptors (Lipinski definition) is 3. The molecule has 0 saturated carbocycles. The molecule has 1 heterocycles. The number of aryl methyl sites for hydroxylation is 2. The number of hydrogen-bond donors (Lipinski definition) is 1. The van der Waals surface area contributed by atoms with Crippen LogP contribution in [0.1, 0.15) is 34.3 Å². The van der Waals surface area contributed by atoms with Gasteiger partial charge in [-0.15, -0.1) is 0 Å². The number of halogens is 1. The van der Waals surface area contributed by atoms with Crippen LogP contribution in [0.15, 0.2) is 41.3 Å². The number of nitrogens with one attached hydrogen (secondary N) is 1. The lowest BCUT2D eigenvalue weighted by Gasteiger charge is -2.16. The summed E-state index contributed by atoms with van der Waals surface area (Å²) in [7, 11) is -3.88. The van der Waals surface area contributed by atoms with Crippen LogP contribution in [0.25, 0.3) is 0 Å². The Kier molecular flexibility index (Phi) is 5.00. The fourth-order valence-corrected chi connectivity index (χ4v) is 4.31. The molecule has 2 aromatic rings. The number of sulfonamides is 1. The Balaban J connectivity index is 1.86. The van der Waals surface area contributed by atoms with Crippen molar-refractivity contribution in [1.29, 1.82) is 0 Å². The van der Waals surface area contributed by atoms with Gasteiger partial charge < -0.3 is 4.90 Å². The van der Waals surface area contributed by atoms with E-state index in [1.807, 2.05) is 0 Å². The molecular weight excluding hydrogens is 355 g/mol. The van der Waals surface area contributed by atoms with E-state index in [1.165, 1.54) is 32.0 Å². The highest BCUT2D eigenvalue weighted by atomic mass is 32.2. The lowest BCUT2D eigenvalue weighted by Crippen LogP contribution is -2.27. The maximum absolute atomic E-state index is 13.8. The fourth-order valence-electron chi connectivity index (χ4n) is 3.09. The Morgan fingerprint density at radius 3 is 2.31 bits per heavy atom. The molecule has 0 radical (unpaired) electrons. The first-order chi connectivity index (χ1) is 12.3. The van der Waals surface area contributed by atoms with E-state index in [9.17, 15) is 17.6 Å². The van der Waals surface area contributed by atoms with Gasteiger partial charge in [-0.05, 0) is 68.1 Å². The molecular formula is C19H21FN2O3S. The first kappa shape index (κ1) is 18.4. The molecule has 0 spiro atoms. The second-order valence-corrected chi connectivity index (χ2v) is 8.24. The third-order valence-electron chi connectivity index (χ3n) is 4.48. The molecule has 5 nitrogen and oxygen atoms in total. The van der Waals surface area contributed by atoms with E-state index >= 15 is 0 Å². The minimum absolute atomic E-state index is 0.00910. The number of carbonyl (C=O) groups is 1. The Bertz CT molecular complexity index is 928. The van der Waals surface area contributed by atoms with Crippen LogP contribution in [0.3, 0.4) is 0 Å². The molecule has 1 aliphatic rings. The minimum Gasteiger partial charge on any atom is -0.339 e. The van der Waals surface area contributed by atoms with Crippen LogP contribution >= 0.6 is 0 Å². The van der Waals surface area contributed by atoms with Gasteiger partial charge in [0.2, 0.25) is 0 Å². The number of anilines is 1. The average Bonchev–Trinajstić information content (AvgIpc) is 3.13. The standard InChI is InChI=1S/C19H21FN2O3S/c1-13-10-17(11-14(2)18(13)20)26(24,25)21-16-7-5-6-15(12-16)19(23)22-8-3-4-9-22/h5-7,10-12,21H,3-4,8-9H2,1-2H3. The Morgan fingerprint density at radius 1 is 1.08 bits per heavy atom. The van der Waals surface area contributed by atoms with Gasteiger partial charge in [0.25, 0.3) is 15.9 Å². The molecule has 0 atom stereocenters. The van der Waals surface area contributed by atoms with E-state index in [4.69, 9.17) is 0 Å². The molecule has 3 rings (SSSR count). The van der Waals surface area contributed by atoms with Crippen LogP contribution in [0, 0.1) is 19.7 Å². The highest BCUT2D eigenvalue weighted by Gasteiger charge is 2.21. The van der Waals surface area contributed by atoms with E-state index in [-0.39, 0.29) is 21.9 Å². The smallest absolute Gasteiger partial charge is 0.261 e. The number of amides is 1. The third kappa shape index (κ3) is 3.72. The number of carbonyl (C=O) groups excluding carboxylic acids is 1. The van der Waals surface area contributed by atoms with Gasteiger partial charge in [-0.1, -0.05) is 6.07 Å². The highest BCUT2D eigenvalue weighted by Crippen LogP contribution is 2.22. The summed E-state index contributed by atoms with van der Waals surface area (Å²) in [6.45, 7) is 4.50. The van der Waals surface area contributed by atoms with Gasteiger partial charge in [0.1, 0.15) is 5.82 Å². The zero-order chi connectivity index (χ0) is 18.9. The van der Waals surface area contributed by atoms with Crippen molar-refractivity contribution in [2.75, 3.05) is 17.8 Å². The van der Waals surface area contributed by atoms with E-state index < -0.39 is 15.8 Å². The van der Waals surface area contributed by atoms with Gasteiger partial charge in [0.05, 0.1) is 4.90 Å². The lowest BCUT2D eigenvalue weighted by atomic mass is 10.1. The lowest BCUT2D eigenvalue weighted by molar-refractivity contribution is 0.0793. The van der Waals surface area contributed by atoms with Crippen molar-refractivity contribution in [2.24, 2.45) is 0 Å². The molecule has 1 N–H and O–H groups in total. The second-order valence-electron chi connectivity index (χ2n) is 6.56. The van der Waals surface area contributed by atoms with Crippen molar-refractivity contribution >= 4 is 21.6 Å². The minimum atomic E-state index is -3.88. The third-order valence-corrected chi connectivity index (χ3v) is 5.84. The van der Waals surface area contributed by atoms with E-state index in [2.05, 4.69) is 4.72 Å². The highest BCUT2D eigenvalue weighted by molar-refractivity contribution is 7.92. The molecule has 1 amide bonds. The molecule has 0 aliphatic carbocycles. The summed E-state index contributed by atoms with van der Waals surface area (Å²) < 4.78 is 41.5. The van der Waals surface area contributed by atoms with E-state index in [0.717, 1.165) is 25.9 Å². The average molecular weight is 376 g/mol. The molecule has 1 aliphatic heterocycles. The molecule has 2 aromatic carbocycles. The first-order valence-electron chi connectivity index (χ1n) is 8.47. The largest absolute Gasteiger partial charge is 0.339 e. The zero-order valence-corrected chi connectivity index (χ0v) is 15.6. The van der Waals surface area contributed by atoms with Crippen LogP contribution in [-0.4, -0.2) is 32.3 Å². The van der Waals surface area contributed by atoms with Gasteiger partial charge in [-0.3, -0.25) is 9.52 Å². The van der Waals surface area contributed by atoms with Crippen LogP contribution in [0.4, 0.5) is 10.1 Å². The summed E-state index contributed by atoms with van der Waals surface area (Å²) in [5, 5.41) is 0. The van der Waals surface area contributed by atoms with E-state index in [1.54, 1.807) is 23.1 Å². The predicted molar refractivity (Wildman–Crippen MR) is 98.3 cm³/mol. The van der Waals surface area contributed by atoms with Crippen LogP contribution < -0.4 is 4.72 Å². The van der Waals surface area contributed by atoms with Crippen molar-refractivity contribution < 1.29 is 17.6 Å². The molecule has 26 heavy (non-hydrogen) atoms. The Morgan fingerprint density at radius 2 is 1.69 bits per heavy atom. The van der Waals surface area contributed by atoms with Gasteiger partial charge in [0, 0.05) is 24.3 Å². The first-order valence-corrected chi connectivity index (χ1v) is 9.95. The summed E-state index contributed by atoms with van der Waals surface area (Å²) in [5.74, 6) is -0.515. The normalized spacial score (nSPS) is 14.5. The van der Waals surface area contributed by atoms with Crippen LogP contribution in [0.5, 0.6) is 0 Å². The van der Waals surface area contributed by atoms with Crippen LogP contribution in [0.2, 0.25) is 0 Å². The van der Waals surface area contributed by atoms with Crippen molar-refractivity contribution in [3.8, 4) is 0 Å². The fraction of sp³-hybridized carbons (Fsp3) is 0.316. The summed E-state index contributed by atoms with van der Waals surface area (Å²) >= 11 is 0. The number of likely N-dealkylation sites (tertiary alicyclic amines) is 1. The maximum atomic E-state index is 13.8. The quantitative estimate of drug-likeness (QED) is 0.888. The molecule has 1 fully saturated rings. The summed E-state index contributed by atoms with van der Waals surface area (Å²) in [4.78, 5) is 14.2. The summed E-state index contributed by atoms with van der Waals surface area (Å²) in [5.41, 5.74) is 1.28. The molecule has 1 saturated heterocycles. The molecule has 0 bridgehead atoms. The molecule has 138 valence electrons. The number of rotatable bonds is 4. The van der Waals surface area contributed by atoms with Gasteiger partial charge in [0.15, 0.2) is 0 Å². The van der Waals surface area contributed by atoms with Gasteiger partial charge in [-0.2, -0.15) is 0 Å². The van der Waals surface area contributed by atoms with Gasteiger partial charge >= 0.3 is 0 Å². The second kappa shape index (κ2) is 7.07. The SMILES string of the molecule is Cc1cc(S(=O)(=O)Nc2cccc(C(=O)N3CCCC3)c2)cc(C)c1F. The molecule has 0 aromatic heterocycles. The molecule has 7 heteroatoms. The summed E-state index contributed by atoms with van der Waals surface area (Å²) in [6.07, 6.45) is 1.97. The van der Waals surface area contributed by atoms with Gasteiger partial charge in [-0.25, -0.2) is 12.8 Å². The Labute approximate surface area is 152 Å². The predicted octanol–water partition coefficient (Wildman–Crippen LogP) is 3.48. The van der Waals surface area contributed by atoms with E-state index in [0.29, 0.717) is 11.3 Å². The van der Waals surface area contributed by atoms with Crippen molar-refractivity contribution in [2.45, 2.75) is 31.6 Å². The maximum Gasteiger partial charge on any atom is 0.261 e. The van der Waals surface area contributed by atoms with Crippen molar-refractivity contribution in [3.05, 3.63) is 58.9 Å². The number of benzene rings is 2. The zero-order valence-electron chi connectivity index (χ0n) is 14.8. The monoisotopic (exact) mass is 376 g/mol. The Hall–Kier alpha value is -2.41.